The van der Waals surface area contributed by atoms with E-state index in [-0.39, 0.29) is 18.0 Å². The first-order valence-electron chi connectivity index (χ1n) is 5.42. The van der Waals surface area contributed by atoms with Gasteiger partial charge in [-0.05, 0) is 6.07 Å². The lowest BCUT2D eigenvalue weighted by atomic mass is 9.95. The number of hydrogen-bond donors (Lipinski definition) is 1. The summed E-state index contributed by atoms with van der Waals surface area (Å²) >= 11 is 0. The number of hydrogen-bond acceptors (Lipinski definition) is 2. The van der Waals surface area contributed by atoms with Crippen LogP contribution in [0.15, 0.2) is 18.3 Å². The quantitative estimate of drug-likeness (QED) is 0.888. The van der Waals surface area contributed by atoms with Crippen LogP contribution in [0.4, 0.5) is 13.2 Å². The van der Waals surface area contributed by atoms with Gasteiger partial charge in [0.05, 0.1) is 0 Å². The van der Waals surface area contributed by atoms with Crippen molar-refractivity contribution in [2.24, 2.45) is 5.41 Å². The van der Waals surface area contributed by atoms with Crippen LogP contribution in [0.25, 0.3) is 0 Å². The highest BCUT2D eigenvalue weighted by atomic mass is 19.4. The molecule has 0 spiro atoms. The van der Waals surface area contributed by atoms with Crippen molar-refractivity contribution in [3.8, 4) is 0 Å². The molecule has 3 nitrogen and oxygen atoms in total. The summed E-state index contributed by atoms with van der Waals surface area (Å²) in [6.07, 6.45) is -3.43. The first kappa shape index (κ1) is 14.5. The molecule has 0 aliphatic rings. The second-order valence-corrected chi connectivity index (χ2v) is 4.94. The van der Waals surface area contributed by atoms with E-state index in [9.17, 15) is 18.0 Å². The van der Waals surface area contributed by atoms with Gasteiger partial charge in [0.2, 0.25) is 5.91 Å². The third-order valence-corrected chi connectivity index (χ3v) is 2.28. The van der Waals surface area contributed by atoms with E-state index in [2.05, 4.69) is 10.3 Å². The number of aromatic nitrogens is 1. The third kappa shape index (κ3) is 3.72. The smallest absolute Gasteiger partial charge is 0.351 e. The van der Waals surface area contributed by atoms with Gasteiger partial charge in [-0.2, -0.15) is 13.2 Å². The second-order valence-electron chi connectivity index (χ2n) is 4.94. The van der Waals surface area contributed by atoms with Crippen LogP contribution in [-0.4, -0.2) is 10.9 Å². The molecule has 18 heavy (non-hydrogen) atoms. The number of rotatable bonds is 2. The van der Waals surface area contributed by atoms with Crippen molar-refractivity contribution in [1.29, 1.82) is 0 Å². The first-order chi connectivity index (χ1) is 8.12. The summed E-state index contributed by atoms with van der Waals surface area (Å²) in [4.78, 5) is 14.9. The highest BCUT2D eigenvalue weighted by Gasteiger charge is 2.35. The van der Waals surface area contributed by atoms with Gasteiger partial charge in [0.1, 0.15) is 5.69 Å². The summed E-state index contributed by atoms with van der Waals surface area (Å²) < 4.78 is 37.9. The molecule has 0 aromatic carbocycles. The predicted octanol–water partition coefficient (Wildman–Crippen LogP) is 2.76. The van der Waals surface area contributed by atoms with Gasteiger partial charge in [-0.25, -0.2) is 0 Å². The largest absolute Gasteiger partial charge is 0.433 e. The van der Waals surface area contributed by atoms with Gasteiger partial charge in [-0.15, -0.1) is 0 Å². The Balaban J connectivity index is 2.84. The van der Waals surface area contributed by atoms with Crippen LogP contribution < -0.4 is 5.32 Å². The molecule has 100 valence electrons. The number of alkyl halides is 3. The maximum Gasteiger partial charge on any atom is 0.433 e. The van der Waals surface area contributed by atoms with Crippen LogP contribution in [0.5, 0.6) is 0 Å². The lowest BCUT2D eigenvalue weighted by Crippen LogP contribution is -2.34. The zero-order chi connectivity index (χ0) is 14.0. The normalized spacial score (nSPS) is 12.3. The minimum atomic E-state index is -4.51. The molecule has 0 bridgehead atoms. The molecule has 0 atom stereocenters. The zero-order valence-corrected chi connectivity index (χ0v) is 10.4. The first-order valence-corrected chi connectivity index (χ1v) is 5.42. The van der Waals surface area contributed by atoms with Crippen molar-refractivity contribution in [2.45, 2.75) is 33.5 Å². The molecule has 1 heterocycles. The number of carbonyl (C=O) groups is 1. The molecular formula is C12H15F3N2O. The van der Waals surface area contributed by atoms with Crippen LogP contribution >= 0.6 is 0 Å². The van der Waals surface area contributed by atoms with E-state index >= 15 is 0 Å². The Morgan fingerprint density at radius 2 is 1.94 bits per heavy atom. The number of nitrogens with zero attached hydrogens (tertiary/aromatic N) is 1. The average molecular weight is 260 g/mol. The molecule has 0 saturated heterocycles. The van der Waals surface area contributed by atoms with E-state index < -0.39 is 17.3 Å². The lowest BCUT2D eigenvalue weighted by Gasteiger charge is -2.18. The van der Waals surface area contributed by atoms with Gasteiger partial charge in [0.15, 0.2) is 0 Å². The maximum atomic E-state index is 12.6. The molecule has 1 N–H and O–H groups in total. The Hall–Kier alpha value is -1.59. The molecule has 0 aliphatic carbocycles. The Labute approximate surface area is 103 Å². The van der Waals surface area contributed by atoms with Crippen molar-refractivity contribution < 1.29 is 18.0 Å². The van der Waals surface area contributed by atoms with Gasteiger partial charge in [0.25, 0.3) is 0 Å². The second kappa shape index (κ2) is 4.96. The van der Waals surface area contributed by atoms with Gasteiger partial charge in [-0.3, -0.25) is 9.78 Å². The highest BCUT2D eigenvalue weighted by Crippen LogP contribution is 2.30. The minimum Gasteiger partial charge on any atom is -0.351 e. The fourth-order valence-electron chi connectivity index (χ4n) is 1.28. The molecular weight excluding hydrogens is 245 g/mol. The van der Waals surface area contributed by atoms with Crippen LogP contribution in [0.2, 0.25) is 0 Å². The van der Waals surface area contributed by atoms with Crippen molar-refractivity contribution in [1.82, 2.24) is 10.3 Å². The standard InChI is InChI=1S/C12H15F3N2O/c1-11(2,3)10(18)17-7-8-5-4-6-16-9(8)12(13,14)15/h4-6H,7H2,1-3H3,(H,17,18). The molecule has 0 unspecified atom stereocenters. The van der Waals surface area contributed by atoms with Crippen LogP contribution in [-0.2, 0) is 17.5 Å². The van der Waals surface area contributed by atoms with E-state index in [1.165, 1.54) is 12.1 Å². The number of amides is 1. The Morgan fingerprint density at radius 3 is 2.44 bits per heavy atom. The maximum absolute atomic E-state index is 12.6. The van der Waals surface area contributed by atoms with Gasteiger partial charge < -0.3 is 5.32 Å². The summed E-state index contributed by atoms with van der Waals surface area (Å²) in [7, 11) is 0. The summed E-state index contributed by atoms with van der Waals surface area (Å²) in [5, 5.41) is 2.47. The summed E-state index contributed by atoms with van der Waals surface area (Å²) in [5.41, 5.74) is -1.64. The minimum absolute atomic E-state index is 0.0393. The topological polar surface area (TPSA) is 42.0 Å². The van der Waals surface area contributed by atoms with E-state index in [4.69, 9.17) is 0 Å². The number of pyridine rings is 1. The van der Waals surface area contributed by atoms with Crippen LogP contribution in [0.1, 0.15) is 32.0 Å². The van der Waals surface area contributed by atoms with Crippen molar-refractivity contribution in [3.63, 3.8) is 0 Å². The average Bonchev–Trinajstić information content (AvgIpc) is 2.23. The predicted molar refractivity (Wildman–Crippen MR) is 60.5 cm³/mol. The van der Waals surface area contributed by atoms with E-state index in [0.717, 1.165) is 6.20 Å². The third-order valence-electron chi connectivity index (χ3n) is 2.28. The summed E-state index contributed by atoms with van der Waals surface area (Å²) in [6, 6.07) is 2.71. The van der Waals surface area contributed by atoms with Crippen molar-refractivity contribution >= 4 is 5.91 Å². The summed E-state index contributed by atoms with van der Waals surface area (Å²) in [5.74, 6) is -0.306. The molecule has 1 rings (SSSR count). The monoisotopic (exact) mass is 260 g/mol. The van der Waals surface area contributed by atoms with E-state index in [1.54, 1.807) is 20.8 Å². The molecule has 0 fully saturated rings. The molecule has 1 aromatic heterocycles. The molecule has 0 aliphatic heterocycles. The molecule has 1 aromatic rings. The van der Waals surface area contributed by atoms with Crippen LogP contribution in [0, 0.1) is 5.41 Å². The van der Waals surface area contributed by atoms with Gasteiger partial charge in [0, 0.05) is 23.7 Å². The fourth-order valence-corrected chi connectivity index (χ4v) is 1.28. The Morgan fingerprint density at radius 1 is 1.33 bits per heavy atom. The highest BCUT2D eigenvalue weighted by molar-refractivity contribution is 5.81. The van der Waals surface area contributed by atoms with Crippen LogP contribution in [0.3, 0.4) is 0 Å². The Kier molecular flexibility index (Phi) is 3.98. The van der Waals surface area contributed by atoms with Crippen molar-refractivity contribution in [2.75, 3.05) is 0 Å². The van der Waals surface area contributed by atoms with Crippen molar-refractivity contribution in [3.05, 3.63) is 29.6 Å². The van der Waals surface area contributed by atoms with E-state index in [0.29, 0.717) is 0 Å². The molecule has 0 radical (unpaired) electrons. The lowest BCUT2D eigenvalue weighted by molar-refractivity contribution is -0.142. The van der Waals surface area contributed by atoms with Gasteiger partial charge in [-0.1, -0.05) is 26.8 Å². The van der Waals surface area contributed by atoms with Gasteiger partial charge >= 0.3 is 6.18 Å². The summed E-state index contributed by atoms with van der Waals surface area (Å²) in [6.45, 7) is 4.89. The SMILES string of the molecule is CC(C)(C)C(=O)NCc1cccnc1C(F)(F)F. The molecule has 6 heteroatoms. The van der Waals surface area contributed by atoms with E-state index in [1.807, 2.05) is 0 Å². The number of nitrogens with one attached hydrogen (secondary N) is 1. The zero-order valence-electron chi connectivity index (χ0n) is 10.4. The number of halogens is 3. The molecule has 0 saturated carbocycles. The Bertz CT molecular complexity index is 436. The molecule has 1 amide bonds. The number of carbonyl (C=O) groups excluding carboxylic acids is 1. The fraction of sp³-hybridized carbons (Fsp3) is 0.500.